The van der Waals surface area contributed by atoms with E-state index >= 15 is 0 Å². The third kappa shape index (κ3) is 3.54. The average Bonchev–Trinajstić information content (AvgIpc) is 2.41. The summed E-state index contributed by atoms with van der Waals surface area (Å²) in [6.45, 7) is 3.34. The van der Waals surface area contributed by atoms with Gasteiger partial charge in [-0.1, -0.05) is 19.6 Å². The zero-order chi connectivity index (χ0) is 17.9. The molecule has 7 nitrogen and oxygen atoms in total. The summed E-state index contributed by atoms with van der Waals surface area (Å²) >= 11 is 0. The number of hydrogen-bond acceptors (Lipinski definition) is 5. The molecule has 2 aromatic rings. The molecule has 0 spiro atoms. The van der Waals surface area contributed by atoms with Crippen molar-refractivity contribution >= 4 is 20.2 Å². The maximum Gasteiger partial charge on any atom is 0.298 e. The van der Waals surface area contributed by atoms with Crippen molar-refractivity contribution in [3.8, 4) is 11.5 Å². The van der Waals surface area contributed by atoms with Crippen LogP contribution in [0.2, 0.25) is 0 Å². The molecule has 9 heteroatoms. The maximum absolute atomic E-state index is 11.6. The van der Waals surface area contributed by atoms with Crippen molar-refractivity contribution in [1.82, 2.24) is 0 Å². The van der Waals surface area contributed by atoms with Gasteiger partial charge >= 0.3 is 0 Å². The van der Waals surface area contributed by atoms with E-state index in [0.29, 0.717) is 22.3 Å². The van der Waals surface area contributed by atoms with Crippen LogP contribution < -0.4 is 4.74 Å². The highest BCUT2D eigenvalue weighted by atomic mass is 32.2. The van der Waals surface area contributed by atoms with Gasteiger partial charge in [-0.05, 0) is 37.1 Å². The largest absolute Gasteiger partial charge is 0.454 e. The van der Waals surface area contributed by atoms with Gasteiger partial charge < -0.3 is 4.74 Å². The molecule has 1 aliphatic rings. The van der Waals surface area contributed by atoms with Gasteiger partial charge in [0.2, 0.25) is 0 Å². The molecule has 0 aromatic heterocycles. The van der Waals surface area contributed by atoms with Crippen molar-refractivity contribution in [2.24, 2.45) is 0 Å². The van der Waals surface area contributed by atoms with Crippen LogP contribution in [-0.2, 0) is 26.7 Å². The monoisotopic (exact) mass is 386 g/mol. The average molecular weight is 386 g/mol. The molecule has 0 unspecified atom stereocenters. The molecule has 3 rings (SSSR count). The van der Waals surface area contributed by atoms with E-state index < -0.39 is 30.0 Å². The van der Waals surface area contributed by atoms with Gasteiger partial charge in [0.05, 0.1) is 0 Å². The molecular weight excluding hydrogens is 368 g/mol. The fourth-order valence-corrected chi connectivity index (χ4v) is 4.29. The Kier molecular flexibility index (Phi) is 4.73. The van der Waals surface area contributed by atoms with Crippen LogP contribution in [0.3, 0.4) is 0 Å². The Morgan fingerprint density at radius 1 is 0.800 bits per heavy atom. The van der Waals surface area contributed by atoms with E-state index in [1.807, 2.05) is 0 Å². The second kappa shape index (κ2) is 6.10. The summed E-state index contributed by atoms with van der Waals surface area (Å²) in [5, 5.41) is 0. The van der Waals surface area contributed by atoms with E-state index in [1.54, 1.807) is 26.0 Å². The third-order valence-corrected chi connectivity index (χ3v) is 5.41. The predicted molar refractivity (Wildman–Crippen MR) is 91.6 cm³/mol. The fraction of sp³-hybridized carbons (Fsp3) is 0.250. The molecular formula is C16H18O7S2. The van der Waals surface area contributed by atoms with Crippen LogP contribution in [0.1, 0.15) is 29.7 Å². The molecule has 2 N–H and O–H groups in total. The summed E-state index contributed by atoms with van der Waals surface area (Å²) < 4.78 is 70.8. The van der Waals surface area contributed by atoms with E-state index in [1.165, 1.54) is 12.1 Å². The molecule has 2 aromatic carbocycles. The normalized spacial score (nSPS) is 13.3. The van der Waals surface area contributed by atoms with E-state index in [4.69, 9.17) is 4.74 Å². The summed E-state index contributed by atoms with van der Waals surface area (Å²) in [4.78, 5) is -0.880. The topological polar surface area (TPSA) is 118 Å². The highest BCUT2D eigenvalue weighted by molar-refractivity contribution is 7.86. The van der Waals surface area contributed by atoms with Crippen LogP contribution in [0.25, 0.3) is 0 Å². The lowest BCUT2D eigenvalue weighted by Gasteiger charge is -2.24. The first-order valence-electron chi connectivity index (χ1n) is 6.86. The predicted octanol–water partition coefficient (Wildman–Crippen LogP) is 3.13. The van der Waals surface area contributed by atoms with Gasteiger partial charge in [-0.2, -0.15) is 16.8 Å². The Bertz CT molecular complexity index is 983. The van der Waals surface area contributed by atoms with E-state index in [-0.39, 0.29) is 25.3 Å². The minimum absolute atomic E-state index is 0. The van der Waals surface area contributed by atoms with E-state index in [2.05, 4.69) is 0 Å². The molecule has 0 saturated heterocycles. The Morgan fingerprint density at radius 3 is 1.48 bits per heavy atom. The molecule has 1 aliphatic heterocycles. The molecule has 0 atom stereocenters. The minimum atomic E-state index is -4.56. The Morgan fingerprint density at radius 2 is 1.16 bits per heavy atom. The highest BCUT2D eigenvalue weighted by Gasteiger charge is 2.30. The standard InChI is InChI=1S/C15H14O7S2.CH4/c1-8-3-10-7-11-4-9(2)6-13(24(19,20)21)15(11)22-14(10)12(5-8)23(16,17)18;/h3-6H,7H2,1-2H3,(H,16,17,18)(H,19,20,21);1H4. The number of aryl methyl sites for hydroxylation is 2. The Balaban J connectivity index is 0.00000225. The highest BCUT2D eigenvalue weighted by Crippen LogP contribution is 2.44. The van der Waals surface area contributed by atoms with Crippen molar-refractivity contribution in [2.45, 2.75) is 37.5 Å². The van der Waals surface area contributed by atoms with Gasteiger partial charge in [-0.3, -0.25) is 9.11 Å². The van der Waals surface area contributed by atoms with Gasteiger partial charge in [0.1, 0.15) is 9.79 Å². The van der Waals surface area contributed by atoms with Gasteiger partial charge in [0.25, 0.3) is 20.2 Å². The summed E-state index contributed by atoms with van der Waals surface area (Å²) in [6.07, 6.45) is 0.207. The number of hydrogen-bond donors (Lipinski definition) is 2. The summed E-state index contributed by atoms with van der Waals surface area (Å²) in [7, 11) is -9.13. The summed E-state index contributed by atoms with van der Waals surface area (Å²) in [5.41, 5.74) is 2.22. The molecule has 0 saturated carbocycles. The molecule has 0 amide bonds. The van der Waals surface area contributed by atoms with E-state index in [0.717, 1.165) is 0 Å². The van der Waals surface area contributed by atoms with Gasteiger partial charge in [0, 0.05) is 17.5 Å². The maximum atomic E-state index is 11.6. The fourth-order valence-electron chi connectivity index (χ4n) is 2.81. The SMILES string of the molecule is C.Cc1cc2c(c(S(=O)(=O)O)c1)Oc1c(cc(C)cc1S(=O)(=O)O)C2. The number of fused-ring (bicyclic) bond motifs is 2. The smallest absolute Gasteiger partial charge is 0.298 e. The molecule has 0 fully saturated rings. The summed E-state index contributed by atoms with van der Waals surface area (Å²) in [6, 6.07) is 5.87. The van der Waals surface area contributed by atoms with Crippen molar-refractivity contribution < 1.29 is 30.7 Å². The lowest BCUT2D eigenvalue weighted by molar-refractivity contribution is 0.417. The molecule has 0 radical (unpaired) electrons. The zero-order valence-corrected chi connectivity index (χ0v) is 14.4. The second-order valence-corrected chi connectivity index (χ2v) is 8.51. The Hall–Kier alpha value is -1.94. The number of ether oxygens (including phenoxy) is 1. The van der Waals surface area contributed by atoms with E-state index in [9.17, 15) is 25.9 Å². The first kappa shape index (κ1) is 19.4. The quantitative estimate of drug-likeness (QED) is 0.650. The summed E-state index contributed by atoms with van der Waals surface area (Å²) in [5.74, 6) is -0.270. The number of benzene rings is 2. The van der Waals surface area contributed by atoms with Gasteiger partial charge in [0.15, 0.2) is 11.5 Å². The second-order valence-electron chi connectivity index (χ2n) is 5.73. The van der Waals surface area contributed by atoms with Crippen LogP contribution in [-0.4, -0.2) is 25.9 Å². The lowest BCUT2D eigenvalue weighted by Crippen LogP contribution is -2.13. The first-order chi connectivity index (χ1) is 11.0. The van der Waals surface area contributed by atoms with Crippen LogP contribution in [0.4, 0.5) is 0 Å². The molecule has 136 valence electrons. The van der Waals surface area contributed by atoms with Crippen molar-refractivity contribution in [3.63, 3.8) is 0 Å². The lowest BCUT2D eigenvalue weighted by atomic mass is 9.97. The molecule has 0 aliphatic carbocycles. The van der Waals surface area contributed by atoms with Crippen molar-refractivity contribution in [3.05, 3.63) is 46.5 Å². The number of rotatable bonds is 2. The Labute approximate surface area is 146 Å². The molecule has 1 heterocycles. The van der Waals surface area contributed by atoms with Crippen LogP contribution in [0.5, 0.6) is 11.5 Å². The van der Waals surface area contributed by atoms with Crippen LogP contribution in [0.15, 0.2) is 34.1 Å². The van der Waals surface area contributed by atoms with Crippen molar-refractivity contribution in [2.75, 3.05) is 0 Å². The van der Waals surface area contributed by atoms with Gasteiger partial charge in [-0.15, -0.1) is 0 Å². The van der Waals surface area contributed by atoms with Gasteiger partial charge in [-0.25, -0.2) is 0 Å². The molecule has 0 bridgehead atoms. The van der Waals surface area contributed by atoms with Crippen molar-refractivity contribution in [1.29, 1.82) is 0 Å². The first-order valence-corrected chi connectivity index (χ1v) is 9.74. The van der Waals surface area contributed by atoms with Crippen LogP contribution in [0, 0.1) is 13.8 Å². The zero-order valence-electron chi connectivity index (χ0n) is 12.8. The molecule has 25 heavy (non-hydrogen) atoms. The third-order valence-electron chi connectivity index (χ3n) is 3.69. The van der Waals surface area contributed by atoms with Crippen LogP contribution >= 0.6 is 0 Å². The minimum Gasteiger partial charge on any atom is -0.454 e.